The third-order valence-corrected chi connectivity index (χ3v) is 3.18. The Balaban J connectivity index is 2.63. The average molecular weight is 212 g/mol. The molecule has 3 nitrogen and oxygen atoms in total. The van der Waals surface area contributed by atoms with Crippen LogP contribution in [0.25, 0.3) is 0 Å². The predicted molar refractivity (Wildman–Crippen MR) is 58.3 cm³/mol. The number of ether oxygens (including phenoxy) is 1. The van der Waals surface area contributed by atoms with Gasteiger partial charge in [-0.3, -0.25) is 4.79 Å². The highest BCUT2D eigenvalue weighted by Crippen LogP contribution is 2.36. The van der Waals surface area contributed by atoms with Gasteiger partial charge in [-0.15, -0.1) is 0 Å². The quantitative estimate of drug-likeness (QED) is 0.563. The Bertz CT molecular complexity index is 268. The summed E-state index contributed by atoms with van der Waals surface area (Å²) >= 11 is 0. The van der Waals surface area contributed by atoms with E-state index in [4.69, 9.17) is 4.74 Å². The van der Waals surface area contributed by atoms with E-state index in [0.717, 1.165) is 18.4 Å². The standard InChI is InChI=1S/C12H20O3/c1-8-5-6-10(7-11(8)14)12(3,4)15-9(2)13/h10-11,14H,1,5-7H2,2-4H3/t10-,11-/m0/s1. The molecule has 1 N–H and O–H groups in total. The molecule has 86 valence electrons. The van der Waals surface area contributed by atoms with Crippen molar-refractivity contribution in [2.75, 3.05) is 0 Å². The summed E-state index contributed by atoms with van der Waals surface area (Å²) in [6.07, 6.45) is 1.94. The van der Waals surface area contributed by atoms with Gasteiger partial charge >= 0.3 is 5.97 Å². The molecule has 0 aromatic rings. The maximum atomic E-state index is 10.9. The Morgan fingerprint density at radius 1 is 1.60 bits per heavy atom. The molecule has 1 fully saturated rings. The molecular weight excluding hydrogens is 192 g/mol. The first-order valence-corrected chi connectivity index (χ1v) is 5.38. The zero-order chi connectivity index (χ0) is 11.6. The van der Waals surface area contributed by atoms with E-state index < -0.39 is 11.7 Å². The van der Waals surface area contributed by atoms with Crippen LogP contribution in [-0.2, 0) is 9.53 Å². The molecule has 1 aliphatic rings. The Kier molecular flexibility index (Phi) is 3.55. The average Bonchev–Trinajstić information content (AvgIpc) is 2.07. The van der Waals surface area contributed by atoms with Crippen LogP contribution >= 0.6 is 0 Å². The molecule has 15 heavy (non-hydrogen) atoms. The summed E-state index contributed by atoms with van der Waals surface area (Å²) in [6.45, 7) is 9.04. The molecule has 1 rings (SSSR count). The molecule has 0 bridgehead atoms. The Morgan fingerprint density at radius 2 is 2.20 bits per heavy atom. The van der Waals surface area contributed by atoms with Crippen molar-refractivity contribution in [1.82, 2.24) is 0 Å². The van der Waals surface area contributed by atoms with Gasteiger partial charge in [0.2, 0.25) is 0 Å². The predicted octanol–water partition coefficient (Wildman–Crippen LogP) is 2.05. The molecule has 0 heterocycles. The summed E-state index contributed by atoms with van der Waals surface area (Å²) in [5.41, 5.74) is 0.401. The third-order valence-electron chi connectivity index (χ3n) is 3.18. The topological polar surface area (TPSA) is 46.5 Å². The van der Waals surface area contributed by atoms with Crippen molar-refractivity contribution >= 4 is 5.97 Å². The summed E-state index contributed by atoms with van der Waals surface area (Å²) in [6, 6.07) is 0. The van der Waals surface area contributed by atoms with E-state index in [-0.39, 0.29) is 11.9 Å². The third kappa shape index (κ3) is 3.06. The lowest BCUT2D eigenvalue weighted by Crippen LogP contribution is -2.40. The van der Waals surface area contributed by atoms with Crippen molar-refractivity contribution in [3.8, 4) is 0 Å². The molecule has 0 aliphatic heterocycles. The number of hydrogen-bond acceptors (Lipinski definition) is 3. The maximum absolute atomic E-state index is 10.9. The number of esters is 1. The molecule has 0 aromatic heterocycles. The van der Waals surface area contributed by atoms with Crippen LogP contribution in [-0.4, -0.2) is 22.8 Å². The van der Waals surface area contributed by atoms with Gasteiger partial charge in [0.05, 0.1) is 6.10 Å². The van der Waals surface area contributed by atoms with Gasteiger partial charge in [0.25, 0.3) is 0 Å². The minimum atomic E-state index is -0.493. The highest BCUT2D eigenvalue weighted by atomic mass is 16.6. The Morgan fingerprint density at radius 3 is 2.67 bits per heavy atom. The van der Waals surface area contributed by atoms with E-state index in [1.54, 1.807) is 0 Å². The number of aliphatic hydroxyl groups excluding tert-OH is 1. The molecule has 0 amide bonds. The lowest BCUT2D eigenvalue weighted by molar-refractivity contribution is -0.160. The number of carbonyl (C=O) groups is 1. The summed E-state index contributed by atoms with van der Waals surface area (Å²) in [5.74, 6) is -0.0548. The first-order valence-electron chi connectivity index (χ1n) is 5.38. The van der Waals surface area contributed by atoms with Crippen LogP contribution < -0.4 is 0 Å². The van der Waals surface area contributed by atoms with Crippen molar-refractivity contribution < 1.29 is 14.6 Å². The highest BCUT2D eigenvalue weighted by molar-refractivity contribution is 5.66. The monoisotopic (exact) mass is 212 g/mol. The fourth-order valence-corrected chi connectivity index (χ4v) is 2.17. The summed E-state index contributed by atoms with van der Waals surface area (Å²) in [5, 5.41) is 9.71. The van der Waals surface area contributed by atoms with Crippen LogP contribution in [0.3, 0.4) is 0 Å². The highest BCUT2D eigenvalue weighted by Gasteiger charge is 2.36. The molecule has 1 saturated carbocycles. The molecule has 0 unspecified atom stereocenters. The number of rotatable bonds is 2. The first kappa shape index (κ1) is 12.2. The zero-order valence-corrected chi connectivity index (χ0v) is 9.75. The number of aliphatic hydroxyl groups is 1. The van der Waals surface area contributed by atoms with Crippen molar-refractivity contribution in [3.63, 3.8) is 0 Å². The van der Waals surface area contributed by atoms with E-state index in [1.807, 2.05) is 13.8 Å². The lowest BCUT2D eigenvalue weighted by atomic mass is 9.76. The van der Waals surface area contributed by atoms with E-state index >= 15 is 0 Å². The molecule has 0 radical (unpaired) electrons. The van der Waals surface area contributed by atoms with Crippen LogP contribution in [0.15, 0.2) is 12.2 Å². The van der Waals surface area contributed by atoms with E-state index in [1.165, 1.54) is 6.92 Å². The molecule has 0 aromatic carbocycles. The summed E-state index contributed by atoms with van der Waals surface area (Å²) in [7, 11) is 0. The smallest absolute Gasteiger partial charge is 0.303 e. The molecule has 1 aliphatic carbocycles. The maximum Gasteiger partial charge on any atom is 0.303 e. The van der Waals surface area contributed by atoms with Gasteiger partial charge in [-0.2, -0.15) is 0 Å². The fourth-order valence-electron chi connectivity index (χ4n) is 2.17. The molecular formula is C12H20O3. The van der Waals surface area contributed by atoms with E-state index in [0.29, 0.717) is 6.42 Å². The SMILES string of the molecule is C=C1CC[C@H](C(C)(C)OC(C)=O)C[C@@H]1O. The van der Waals surface area contributed by atoms with Crippen LogP contribution in [0, 0.1) is 5.92 Å². The van der Waals surface area contributed by atoms with Crippen LogP contribution in [0.2, 0.25) is 0 Å². The minimum absolute atomic E-state index is 0.210. The lowest BCUT2D eigenvalue weighted by Gasteiger charge is -2.38. The second-order valence-electron chi connectivity index (χ2n) is 4.84. The zero-order valence-electron chi connectivity index (χ0n) is 9.75. The first-order chi connectivity index (χ1) is 6.83. The van der Waals surface area contributed by atoms with Crippen LogP contribution in [0.5, 0.6) is 0 Å². The number of hydrogen-bond donors (Lipinski definition) is 1. The summed E-state index contributed by atoms with van der Waals surface area (Å²) in [4.78, 5) is 10.9. The fraction of sp³-hybridized carbons (Fsp3) is 0.750. The molecule has 0 spiro atoms. The van der Waals surface area contributed by atoms with Gasteiger partial charge in [-0.1, -0.05) is 6.58 Å². The largest absolute Gasteiger partial charge is 0.460 e. The molecule has 2 atom stereocenters. The summed E-state index contributed by atoms with van der Waals surface area (Å²) < 4.78 is 5.28. The normalized spacial score (nSPS) is 27.6. The van der Waals surface area contributed by atoms with Crippen molar-refractivity contribution in [2.45, 2.75) is 51.7 Å². The van der Waals surface area contributed by atoms with Gasteiger partial charge in [0, 0.05) is 12.8 Å². The van der Waals surface area contributed by atoms with E-state index in [2.05, 4.69) is 6.58 Å². The van der Waals surface area contributed by atoms with E-state index in [9.17, 15) is 9.90 Å². The van der Waals surface area contributed by atoms with Gasteiger partial charge in [0.1, 0.15) is 5.60 Å². The number of carbonyl (C=O) groups excluding carboxylic acids is 1. The van der Waals surface area contributed by atoms with Crippen LogP contribution in [0.1, 0.15) is 40.0 Å². The van der Waals surface area contributed by atoms with Crippen molar-refractivity contribution in [2.24, 2.45) is 5.92 Å². The second kappa shape index (κ2) is 4.35. The molecule has 0 saturated heterocycles. The van der Waals surface area contributed by atoms with Crippen LogP contribution in [0.4, 0.5) is 0 Å². The van der Waals surface area contributed by atoms with Crippen molar-refractivity contribution in [3.05, 3.63) is 12.2 Å². The Hall–Kier alpha value is -0.830. The Labute approximate surface area is 91.1 Å². The molecule has 3 heteroatoms. The minimum Gasteiger partial charge on any atom is -0.460 e. The van der Waals surface area contributed by atoms with Gasteiger partial charge in [-0.25, -0.2) is 0 Å². The van der Waals surface area contributed by atoms with Gasteiger partial charge in [-0.05, 0) is 38.7 Å². The second-order valence-corrected chi connectivity index (χ2v) is 4.84. The van der Waals surface area contributed by atoms with Gasteiger partial charge < -0.3 is 9.84 Å². The van der Waals surface area contributed by atoms with Crippen molar-refractivity contribution in [1.29, 1.82) is 0 Å². The van der Waals surface area contributed by atoms with Gasteiger partial charge in [0.15, 0.2) is 0 Å².